The van der Waals surface area contributed by atoms with E-state index in [2.05, 4.69) is 10.6 Å². The molecule has 0 spiro atoms. The highest BCUT2D eigenvalue weighted by molar-refractivity contribution is 5.78. The smallest absolute Gasteiger partial charge is 0.234 e. The summed E-state index contributed by atoms with van der Waals surface area (Å²) in [5, 5.41) is 15.2. The normalized spacial score (nSPS) is 11.2. The maximum Gasteiger partial charge on any atom is 0.234 e. The molecule has 94 valence electrons. The van der Waals surface area contributed by atoms with Gasteiger partial charge in [0.15, 0.2) is 0 Å². The van der Waals surface area contributed by atoms with E-state index in [1.165, 1.54) is 0 Å². The minimum atomic E-state index is -0.205. The molecule has 0 aliphatic heterocycles. The molecule has 0 bridgehead atoms. The van der Waals surface area contributed by atoms with Gasteiger partial charge in [-0.15, -0.1) is 0 Å². The van der Waals surface area contributed by atoms with Gasteiger partial charge in [-0.3, -0.25) is 4.79 Å². The minimum absolute atomic E-state index is 0.0300. The number of phenols is 1. The van der Waals surface area contributed by atoms with E-state index in [0.717, 1.165) is 5.56 Å². The molecular formula is C13H20N2O2. The van der Waals surface area contributed by atoms with E-state index < -0.39 is 0 Å². The Labute approximate surface area is 102 Å². The Kier molecular flexibility index (Phi) is 4.52. The van der Waals surface area contributed by atoms with Crippen LogP contribution >= 0.6 is 0 Å². The average molecular weight is 236 g/mol. The molecule has 4 heteroatoms. The third-order valence-electron chi connectivity index (χ3n) is 2.04. The van der Waals surface area contributed by atoms with Crippen LogP contribution < -0.4 is 10.6 Å². The van der Waals surface area contributed by atoms with Crippen molar-refractivity contribution >= 4 is 5.91 Å². The number of aromatic hydroxyl groups is 1. The van der Waals surface area contributed by atoms with Gasteiger partial charge in [0.25, 0.3) is 0 Å². The Morgan fingerprint density at radius 2 is 2.06 bits per heavy atom. The van der Waals surface area contributed by atoms with Gasteiger partial charge in [-0.25, -0.2) is 0 Å². The molecule has 1 aromatic rings. The second-order valence-electron chi connectivity index (χ2n) is 5.07. The largest absolute Gasteiger partial charge is 0.508 e. The molecule has 1 amide bonds. The van der Waals surface area contributed by atoms with Crippen molar-refractivity contribution in [3.05, 3.63) is 29.8 Å². The van der Waals surface area contributed by atoms with Gasteiger partial charge in [-0.2, -0.15) is 0 Å². The monoisotopic (exact) mass is 236 g/mol. The number of nitrogens with one attached hydrogen (secondary N) is 2. The van der Waals surface area contributed by atoms with E-state index in [-0.39, 0.29) is 23.7 Å². The second-order valence-corrected chi connectivity index (χ2v) is 5.07. The van der Waals surface area contributed by atoms with Gasteiger partial charge >= 0.3 is 0 Å². The topological polar surface area (TPSA) is 61.4 Å². The highest BCUT2D eigenvalue weighted by Crippen LogP contribution is 2.10. The maximum atomic E-state index is 11.5. The Morgan fingerprint density at radius 1 is 1.35 bits per heavy atom. The number of phenolic OH excluding ortho intramolecular Hbond substituents is 1. The third kappa shape index (κ3) is 5.92. The van der Waals surface area contributed by atoms with Crippen molar-refractivity contribution in [3.63, 3.8) is 0 Å². The van der Waals surface area contributed by atoms with Crippen molar-refractivity contribution in [2.45, 2.75) is 32.9 Å². The predicted molar refractivity (Wildman–Crippen MR) is 67.7 cm³/mol. The lowest BCUT2D eigenvalue weighted by molar-refractivity contribution is -0.121. The van der Waals surface area contributed by atoms with E-state index in [1.807, 2.05) is 26.8 Å². The SMILES string of the molecule is CC(C)(C)NC(=O)CNCc1cccc(O)c1. The molecular weight excluding hydrogens is 216 g/mol. The van der Waals surface area contributed by atoms with Crippen molar-refractivity contribution in [2.24, 2.45) is 0 Å². The summed E-state index contributed by atoms with van der Waals surface area (Å²) in [4.78, 5) is 11.5. The van der Waals surface area contributed by atoms with Gasteiger partial charge in [-0.1, -0.05) is 12.1 Å². The van der Waals surface area contributed by atoms with Crippen LogP contribution in [0.1, 0.15) is 26.3 Å². The van der Waals surface area contributed by atoms with E-state index in [9.17, 15) is 9.90 Å². The molecule has 1 rings (SSSR count). The standard InChI is InChI=1S/C13H20N2O2/c1-13(2,3)15-12(17)9-14-8-10-5-4-6-11(16)7-10/h4-7,14,16H,8-9H2,1-3H3,(H,15,17). The first-order chi connectivity index (χ1) is 7.87. The number of benzene rings is 1. The first-order valence-corrected chi connectivity index (χ1v) is 5.66. The van der Waals surface area contributed by atoms with Gasteiger partial charge in [0.1, 0.15) is 5.75 Å². The third-order valence-corrected chi connectivity index (χ3v) is 2.04. The molecule has 0 unspecified atom stereocenters. The fraction of sp³-hybridized carbons (Fsp3) is 0.462. The van der Waals surface area contributed by atoms with Gasteiger partial charge in [-0.05, 0) is 38.5 Å². The van der Waals surface area contributed by atoms with Crippen molar-refractivity contribution in [2.75, 3.05) is 6.54 Å². The van der Waals surface area contributed by atoms with Crippen LogP contribution in [0.4, 0.5) is 0 Å². The number of hydrogen-bond acceptors (Lipinski definition) is 3. The quantitative estimate of drug-likeness (QED) is 0.740. The van der Waals surface area contributed by atoms with Crippen molar-refractivity contribution in [1.82, 2.24) is 10.6 Å². The zero-order valence-electron chi connectivity index (χ0n) is 10.6. The molecule has 0 saturated carbocycles. The van der Waals surface area contributed by atoms with Crippen LogP contribution in [0.25, 0.3) is 0 Å². The first kappa shape index (κ1) is 13.5. The van der Waals surface area contributed by atoms with E-state index in [1.54, 1.807) is 18.2 Å². The van der Waals surface area contributed by atoms with Gasteiger partial charge in [0.2, 0.25) is 5.91 Å². The second kappa shape index (κ2) is 5.68. The zero-order chi connectivity index (χ0) is 12.9. The Bertz CT molecular complexity index is 383. The summed E-state index contributed by atoms with van der Waals surface area (Å²) >= 11 is 0. The summed E-state index contributed by atoms with van der Waals surface area (Å²) in [5.41, 5.74) is 0.748. The maximum absolute atomic E-state index is 11.5. The number of rotatable bonds is 4. The van der Waals surface area contributed by atoms with Crippen molar-refractivity contribution in [1.29, 1.82) is 0 Å². The molecule has 0 radical (unpaired) electrons. The highest BCUT2D eigenvalue weighted by atomic mass is 16.3. The predicted octanol–water partition coefficient (Wildman–Crippen LogP) is 1.40. The van der Waals surface area contributed by atoms with Crippen LogP contribution in [0.3, 0.4) is 0 Å². The van der Waals surface area contributed by atoms with E-state index in [4.69, 9.17) is 0 Å². The number of carbonyl (C=O) groups excluding carboxylic acids is 1. The number of amides is 1. The molecule has 0 atom stereocenters. The van der Waals surface area contributed by atoms with Gasteiger partial charge in [0, 0.05) is 12.1 Å². The van der Waals surface area contributed by atoms with Crippen LogP contribution in [0.5, 0.6) is 5.75 Å². The fourth-order valence-electron chi connectivity index (χ4n) is 1.45. The molecule has 0 heterocycles. The lowest BCUT2D eigenvalue weighted by atomic mass is 10.1. The first-order valence-electron chi connectivity index (χ1n) is 5.66. The average Bonchev–Trinajstić information content (AvgIpc) is 2.14. The lowest BCUT2D eigenvalue weighted by Crippen LogP contribution is -2.44. The van der Waals surface area contributed by atoms with Crippen LogP contribution in [0.15, 0.2) is 24.3 Å². The summed E-state index contributed by atoms with van der Waals surface area (Å²) in [5.74, 6) is 0.209. The van der Waals surface area contributed by atoms with Gasteiger partial charge < -0.3 is 15.7 Å². The molecule has 1 aromatic carbocycles. The summed E-state index contributed by atoms with van der Waals surface area (Å²) in [6, 6.07) is 6.97. The Balaban J connectivity index is 2.31. The molecule has 0 aromatic heterocycles. The molecule has 0 fully saturated rings. The van der Waals surface area contributed by atoms with Gasteiger partial charge in [0.05, 0.1) is 6.54 Å². The van der Waals surface area contributed by atoms with Crippen LogP contribution in [0, 0.1) is 0 Å². The molecule has 0 saturated heterocycles. The fourth-order valence-corrected chi connectivity index (χ4v) is 1.45. The summed E-state index contributed by atoms with van der Waals surface area (Å²) in [6.45, 7) is 6.67. The number of hydrogen-bond donors (Lipinski definition) is 3. The summed E-state index contributed by atoms with van der Waals surface area (Å²) < 4.78 is 0. The van der Waals surface area contributed by atoms with Crippen LogP contribution in [0.2, 0.25) is 0 Å². The molecule has 3 N–H and O–H groups in total. The zero-order valence-corrected chi connectivity index (χ0v) is 10.6. The Morgan fingerprint density at radius 3 is 2.65 bits per heavy atom. The molecule has 0 aliphatic carbocycles. The molecule has 0 aliphatic rings. The Hall–Kier alpha value is -1.55. The molecule has 17 heavy (non-hydrogen) atoms. The number of carbonyl (C=O) groups is 1. The van der Waals surface area contributed by atoms with Crippen molar-refractivity contribution < 1.29 is 9.90 Å². The summed E-state index contributed by atoms with van der Waals surface area (Å²) in [6.07, 6.45) is 0. The highest BCUT2D eigenvalue weighted by Gasteiger charge is 2.12. The van der Waals surface area contributed by atoms with Crippen molar-refractivity contribution in [3.8, 4) is 5.75 Å². The van der Waals surface area contributed by atoms with Crippen LogP contribution in [-0.2, 0) is 11.3 Å². The minimum Gasteiger partial charge on any atom is -0.508 e. The molecule has 4 nitrogen and oxygen atoms in total. The van der Waals surface area contributed by atoms with E-state index in [0.29, 0.717) is 6.54 Å². The van der Waals surface area contributed by atoms with E-state index >= 15 is 0 Å². The lowest BCUT2D eigenvalue weighted by Gasteiger charge is -2.20. The van der Waals surface area contributed by atoms with Crippen LogP contribution in [-0.4, -0.2) is 23.1 Å². The summed E-state index contributed by atoms with van der Waals surface area (Å²) in [7, 11) is 0.